The van der Waals surface area contributed by atoms with E-state index in [2.05, 4.69) is 21.2 Å². The largest absolute Gasteiger partial charge is 0.325 e. The molecule has 1 aromatic carbocycles. The number of benzene rings is 1. The summed E-state index contributed by atoms with van der Waals surface area (Å²) in [5.41, 5.74) is 1.84. The Bertz CT molecular complexity index is 332. The van der Waals surface area contributed by atoms with E-state index >= 15 is 0 Å². The van der Waals surface area contributed by atoms with Crippen LogP contribution in [0.1, 0.15) is 12.5 Å². The number of carbonyl (C=O) groups is 1. The van der Waals surface area contributed by atoms with E-state index in [4.69, 9.17) is 11.6 Å². The van der Waals surface area contributed by atoms with Gasteiger partial charge in [0.15, 0.2) is 0 Å². The summed E-state index contributed by atoms with van der Waals surface area (Å²) in [4.78, 5) is 11.3. The number of anilines is 1. The van der Waals surface area contributed by atoms with Crippen LogP contribution in [0.2, 0.25) is 0 Å². The molecule has 2 nitrogen and oxygen atoms in total. The van der Waals surface area contributed by atoms with Crippen LogP contribution in [-0.4, -0.2) is 11.3 Å². The topological polar surface area (TPSA) is 29.1 Å². The van der Waals surface area contributed by atoms with Crippen molar-refractivity contribution < 1.29 is 4.79 Å². The van der Waals surface area contributed by atoms with Gasteiger partial charge in [-0.3, -0.25) is 4.79 Å². The van der Waals surface area contributed by atoms with Crippen LogP contribution in [0.25, 0.3) is 0 Å². The van der Waals surface area contributed by atoms with Crippen LogP contribution >= 0.6 is 27.5 Å². The van der Waals surface area contributed by atoms with Gasteiger partial charge in [0.25, 0.3) is 0 Å². The van der Waals surface area contributed by atoms with E-state index in [1.165, 1.54) is 0 Å². The Kier molecular flexibility index (Phi) is 3.96. The number of hydrogen-bond acceptors (Lipinski definition) is 1. The van der Waals surface area contributed by atoms with E-state index < -0.39 is 5.38 Å². The zero-order valence-corrected chi connectivity index (χ0v) is 10.3. The second kappa shape index (κ2) is 4.80. The molecular weight excluding hydrogens is 265 g/mol. The number of amides is 1. The average Bonchev–Trinajstić information content (AvgIpc) is 2.01. The van der Waals surface area contributed by atoms with Crippen LogP contribution in [0.5, 0.6) is 0 Å². The highest BCUT2D eigenvalue weighted by atomic mass is 79.9. The van der Waals surface area contributed by atoms with Crippen molar-refractivity contribution in [3.05, 3.63) is 28.2 Å². The van der Waals surface area contributed by atoms with Crippen molar-refractivity contribution in [2.24, 2.45) is 0 Å². The fourth-order valence-corrected chi connectivity index (χ4v) is 1.71. The van der Waals surface area contributed by atoms with E-state index in [0.29, 0.717) is 0 Å². The summed E-state index contributed by atoms with van der Waals surface area (Å²) in [6, 6.07) is 5.70. The minimum Gasteiger partial charge on any atom is -0.325 e. The van der Waals surface area contributed by atoms with Crippen molar-refractivity contribution in [2.75, 3.05) is 5.32 Å². The lowest BCUT2D eigenvalue weighted by Crippen LogP contribution is -2.20. The van der Waals surface area contributed by atoms with Gasteiger partial charge in [0.05, 0.1) is 0 Å². The number of aryl methyl sites for hydroxylation is 1. The van der Waals surface area contributed by atoms with Gasteiger partial charge in [0.1, 0.15) is 5.38 Å². The van der Waals surface area contributed by atoms with Crippen molar-refractivity contribution in [3.63, 3.8) is 0 Å². The molecule has 76 valence electrons. The van der Waals surface area contributed by atoms with Gasteiger partial charge in [-0.15, -0.1) is 11.6 Å². The number of alkyl halides is 1. The summed E-state index contributed by atoms with van der Waals surface area (Å²) in [6.07, 6.45) is 0. The molecule has 0 aliphatic carbocycles. The molecule has 1 unspecified atom stereocenters. The van der Waals surface area contributed by atoms with Crippen molar-refractivity contribution >= 4 is 39.1 Å². The summed E-state index contributed by atoms with van der Waals surface area (Å²) < 4.78 is 0.940. The van der Waals surface area contributed by atoms with E-state index in [0.717, 1.165) is 15.7 Å². The van der Waals surface area contributed by atoms with Gasteiger partial charge in [-0.2, -0.15) is 0 Å². The van der Waals surface area contributed by atoms with Crippen molar-refractivity contribution in [1.82, 2.24) is 0 Å². The number of hydrogen-bond donors (Lipinski definition) is 1. The quantitative estimate of drug-likeness (QED) is 0.825. The molecular formula is C10H11BrClNO. The van der Waals surface area contributed by atoms with Crippen LogP contribution in [0.15, 0.2) is 22.7 Å². The molecule has 1 N–H and O–H groups in total. The monoisotopic (exact) mass is 275 g/mol. The first-order valence-corrected chi connectivity index (χ1v) is 5.44. The van der Waals surface area contributed by atoms with Crippen molar-refractivity contribution in [1.29, 1.82) is 0 Å². The number of halogens is 2. The third kappa shape index (κ3) is 3.31. The minimum absolute atomic E-state index is 0.191. The molecule has 0 spiro atoms. The molecule has 0 saturated carbocycles. The van der Waals surface area contributed by atoms with Crippen LogP contribution in [0.4, 0.5) is 5.69 Å². The van der Waals surface area contributed by atoms with Gasteiger partial charge in [0.2, 0.25) is 5.91 Å². The summed E-state index contributed by atoms with van der Waals surface area (Å²) in [5.74, 6) is -0.191. The fraction of sp³-hybridized carbons (Fsp3) is 0.300. The van der Waals surface area contributed by atoms with Gasteiger partial charge in [-0.1, -0.05) is 15.9 Å². The lowest BCUT2D eigenvalue weighted by Gasteiger charge is -2.07. The Labute approximate surface area is 96.8 Å². The molecule has 0 fully saturated rings. The maximum Gasteiger partial charge on any atom is 0.242 e. The molecule has 0 aliphatic heterocycles. The highest BCUT2D eigenvalue weighted by molar-refractivity contribution is 9.10. The molecule has 1 aromatic rings. The first-order chi connectivity index (χ1) is 6.49. The van der Waals surface area contributed by atoms with Gasteiger partial charge < -0.3 is 5.32 Å². The lowest BCUT2D eigenvalue weighted by atomic mass is 10.2. The highest BCUT2D eigenvalue weighted by Crippen LogP contribution is 2.19. The summed E-state index contributed by atoms with van der Waals surface area (Å²) in [6.45, 7) is 3.60. The lowest BCUT2D eigenvalue weighted by molar-refractivity contribution is -0.115. The SMILES string of the molecule is Cc1cc(Br)cc(NC(=O)C(C)Cl)c1. The molecule has 0 saturated heterocycles. The maximum absolute atomic E-state index is 11.3. The van der Waals surface area contributed by atoms with Crippen molar-refractivity contribution in [2.45, 2.75) is 19.2 Å². The molecule has 1 rings (SSSR count). The Balaban J connectivity index is 2.82. The first-order valence-electron chi connectivity index (χ1n) is 4.21. The summed E-state index contributed by atoms with van der Waals surface area (Å²) in [5, 5.41) is 2.20. The third-order valence-corrected chi connectivity index (χ3v) is 2.33. The Morgan fingerprint density at radius 3 is 2.64 bits per heavy atom. The van der Waals surface area contributed by atoms with Crippen LogP contribution < -0.4 is 5.32 Å². The zero-order valence-electron chi connectivity index (χ0n) is 7.97. The zero-order chi connectivity index (χ0) is 10.7. The normalized spacial score (nSPS) is 12.3. The molecule has 1 amide bonds. The molecule has 4 heteroatoms. The predicted octanol–water partition coefficient (Wildman–Crippen LogP) is 3.32. The Morgan fingerprint density at radius 1 is 1.50 bits per heavy atom. The van der Waals surface area contributed by atoms with E-state index in [1.807, 2.05) is 25.1 Å². The van der Waals surface area contributed by atoms with Gasteiger partial charge in [0, 0.05) is 10.2 Å². The van der Waals surface area contributed by atoms with E-state index in [1.54, 1.807) is 6.92 Å². The summed E-state index contributed by atoms with van der Waals surface area (Å²) in [7, 11) is 0. The molecule has 0 aromatic heterocycles. The van der Waals surface area contributed by atoms with Crippen molar-refractivity contribution in [3.8, 4) is 0 Å². The minimum atomic E-state index is -0.519. The van der Waals surface area contributed by atoms with Gasteiger partial charge in [-0.25, -0.2) is 0 Å². The molecule has 0 radical (unpaired) electrons. The Hall–Kier alpha value is -0.540. The van der Waals surface area contributed by atoms with Crippen LogP contribution in [0.3, 0.4) is 0 Å². The predicted molar refractivity (Wildman–Crippen MR) is 62.8 cm³/mol. The summed E-state index contributed by atoms with van der Waals surface area (Å²) >= 11 is 8.99. The van der Waals surface area contributed by atoms with Gasteiger partial charge in [-0.05, 0) is 37.6 Å². The second-order valence-electron chi connectivity index (χ2n) is 3.12. The maximum atomic E-state index is 11.3. The number of nitrogens with one attached hydrogen (secondary N) is 1. The van der Waals surface area contributed by atoms with Gasteiger partial charge >= 0.3 is 0 Å². The first kappa shape index (κ1) is 11.5. The molecule has 1 atom stereocenters. The standard InChI is InChI=1S/C10H11BrClNO/c1-6-3-8(11)5-9(4-6)13-10(14)7(2)12/h3-5,7H,1-2H3,(H,13,14). The molecule has 0 aliphatic rings. The number of carbonyl (C=O) groups excluding carboxylic acids is 1. The molecule has 14 heavy (non-hydrogen) atoms. The molecule has 0 bridgehead atoms. The van der Waals surface area contributed by atoms with Crippen LogP contribution in [-0.2, 0) is 4.79 Å². The third-order valence-electron chi connectivity index (χ3n) is 1.67. The number of rotatable bonds is 2. The average molecular weight is 277 g/mol. The van der Waals surface area contributed by atoms with E-state index in [-0.39, 0.29) is 5.91 Å². The van der Waals surface area contributed by atoms with E-state index in [9.17, 15) is 4.79 Å². The van der Waals surface area contributed by atoms with Crippen LogP contribution in [0, 0.1) is 6.92 Å². The molecule has 0 heterocycles. The Morgan fingerprint density at radius 2 is 2.14 bits per heavy atom. The fourth-order valence-electron chi connectivity index (χ4n) is 1.05. The highest BCUT2D eigenvalue weighted by Gasteiger charge is 2.09. The second-order valence-corrected chi connectivity index (χ2v) is 4.69. The smallest absolute Gasteiger partial charge is 0.242 e.